The van der Waals surface area contributed by atoms with Crippen molar-refractivity contribution in [1.29, 1.82) is 0 Å². The number of ketones is 1. The van der Waals surface area contributed by atoms with E-state index in [1.165, 1.54) is 19.3 Å². The first kappa shape index (κ1) is 20.6. The molecule has 0 aromatic heterocycles. The first-order valence-corrected chi connectivity index (χ1v) is 9.38. The number of benzene rings is 2. The van der Waals surface area contributed by atoms with Crippen LogP contribution in [-0.2, 0) is 14.3 Å². The van der Waals surface area contributed by atoms with Crippen molar-refractivity contribution >= 4 is 17.3 Å². The fourth-order valence-electron chi connectivity index (χ4n) is 3.69. The molecule has 0 saturated heterocycles. The third-order valence-corrected chi connectivity index (χ3v) is 5.06. The highest BCUT2D eigenvalue weighted by atomic mass is 19.1. The van der Waals surface area contributed by atoms with Crippen LogP contribution in [0.1, 0.15) is 30.4 Å². The Morgan fingerprint density at radius 3 is 2.48 bits per heavy atom. The van der Waals surface area contributed by atoms with Crippen LogP contribution in [0.25, 0.3) is 5.57 Å². The monoisotopic (exact) mass is 398 g/mol. The summed E-state index contributed by atoms with van der Waals surface area (Å²) >= 11 is 0. The van der Waals surface area contributed by atoms with E-state index in [1.54, 1.807) is 44.4 Å². The Hall–Kier alpha value is -3.15. The van der Waals surface area contributed by atoms with Crippen molar-refractivity contribution in [3.63, 3.8) is 0 Å². The van der Waals surface area contributed by atoms with Crippen LogP contribution in [0, 0.1) is 11.7 Å². The number of ether oxygens (including phenoxy) is 3. The Morgan fingerprint density at radius 2 is 1.83 bits per heavy atom. The molecule has 0 radical (unpaired) electrons. The molecule has 0 heterocycles. The minimum atomic E-state index is -1.07. The number of esters is 1. The molecule has 0 bridgehead atoms. The topological polar surface area (TPSA) is 61.8 Å². The molecular weight excluding hydrogens is 375 g/mol. The smallest absolute Gasteiger partial charge is 0.317 e. The molecule has 3 rings (SSSR count). The molecule has 5 nitrogen and oxygen atoms in total. The molecule has 2 aromatic carbocycles. The van der Waals surface area contributed by atoms with Crippen molar-refractivity contribution in [2.75, 3.05) is 20.8 Å². The SMILES string of the molecule is CCOC(=O)C1C(=O)C=C(c2ccc(OC)c(OC)c2)CC1c1ccccc1F. The predicted molar refractivity (Wildman–Crippen MR) is 106 cm³/mol. The first-order chi connectivity index (χ1) is 14.0. The van der Waals surface area contributed by atoms with Gasteiger partial charge in [-0.05, 0) is 54.3 Å². The molecule has 2 unspecified atom stereocenters. The molecule has 6 heteroatoms. The van der Waals surface area contributed by atoms with E-state index in [1.807, 2.05) is 6.07 Å². The average Bonchev–Trinajstić information content (AvgIpc) is 2.73. The Bertz CT molecular complexity index is 950. The van der Waals surface area contributed by atoms with Crippen LogP contribution >= 0.6 is 0 Å². The maximum atomic E-state index is 14.6. The molecule has 0 N–H and O–H groups in total. The van der Waals surface area contributed by atoms with Crippen LogP contribution in [0.4, 0.5) is 4.39 Å². The van der Waals surface area contributed by atoms with Gasteiger partial charge in [0.15, 0.2) is 17.3 Å². The van der Waals surface area contributed by atoms with E-state index in [0.29, 0.717) is 29.1 Å². The van der Waals surface area contributed by atoms with Crippen LogP contribution in [0.15, 0.2) is 48.5 Å². The molecule has 152 valence electrons. The number of halogens is 1. The van der Waals surface area contributed by atoms with Crippen molar-refractivity contribution in [2.45, 2.75) is 19.3 Å². The highest BCUT2D eigenvalue weighted by Gasteiger charge is 2.40. The lowest BCUT2D eigenvalue weighted by Gasteiger charge is -2.29. The summed E-state index contributed by atoms with van der Waals surface area (Å²) in [6.45, 7) is 1.83. The van der Waals surface area contributed by atoms with E-state index in [-0.39, 0.29) is 6.61 Å². The Morgan fingerprint density at radius 1 is 1.10 bits per heavy atom. The van der Waals surface area contributed by atoms with Gasteiger partial charge in [-0.15, -0.1) is 0 Å². The molecule has 1 aliphatic rings. The highest BCUT2D eigenvalue weighted by molar-refractivity contribution is 6.10. The lowest BCUT2D eigenvalue weighted by molar-refractivity contribution is -0.151. The zero-order valence-electron chi connectivity index (χ0n) is 16.6. The zero-order valence-corrected chi connectivity index (χ0v) is 16.6. The van der Waals surface area contributed by atoms with Crippen LogP contribution in [0.5, 0.6) is 11.5 Å². The summed E-state index contributed by atoms with van der Waals surface area (Å²) < 4.78 is 30.3. The summed E-state index contributed by atoms with van der Waals surface area (Å²) in [5, 5.41) is 0. The fourth-order valence-corrected chi connectivity index (χ4v) is 3.69. The zero-order chi connectivity index (χ0) is 21.0. The van der Waals surface area contributed by atoms with Gasteiger partial charge in [0.25, 0.3) is 0 Å². The van der Waals surface area contributed by atoms with Gasteiger partial charge in [-0.25, -0.2) is 4.39 Å². The van der Waals surface area contributed by atoms with Crippen LogP contribution in [0.3, 0.4) is 0 Å². The van der Waals surface area contributed by atoms with Crippen molar-refractivity contribution < 1.29 is 28.2 Å². The number of rotatable bonds is 6. The van der Waals surface area contributed by atoms with Crippen molar-refractivity contribution in [2.24, 2.45) is 5.92 Å². The van der Waals surface area contributed by atoms with Crippen LogP contribution < -0.4 is 9.47 Å². The lowest BCUT2D eigenvalue weighted by Crippen LogP contribution is -2.34. The van der Waals surface area contributed by atoms with Gasteiger partial charge in [0.05, 0.1) is 20.8 Å². The van der Waals surface area contributed by atoms with E-state index < -0.39 is 29.4 Å². The number of carbonyl (C=O) groups is 2. The number of methoxy groups -OCH3 is 2. The molecule has 0 amide bonds. The molecule has 29 heavy (non-hydrogen) atoms. The van der Waals surface area contributed by atoms with Crippen LogP contribution in [0.2, 0.25) is 0 Å². The highest BCUT2D eigenvalue weighted by Crippen LogP contribution is 2.42. The van der Waals surface area contributed by atoms with Crippen LogP contribution in [-0.4, -0.2) is 32.6 Å². The van der Waals surface area contributed by atoms with Gasteiger partial charge in [0.2, 0.25) is 0 Å². The number of hydrogen-bond acceptors (Lipinski definition) is 5. The van der Waals surface area contributed by atoms with Gasteiger partial charge in [-0.1, -0.05) is 24.3 Å². The average molecular weight is 398 g/mol. The fraction of sp³-hybridized carbons (Fsp3) is 0.304. The summed E-state index contributed by atoms with van der Waals surface area (Å²) in [5.41, 5.74) is 1.77. The molecule has 2 atom stereocenters. The summed E-state index contributed by atoms with van der Waals surface area (Å²) in [6.07, 6.45) is 1.76. The Labute approximate surface area is 169 Å². The van der Waals surface area contributed by atoms with E-state index in [4.69, 9.17) is 14.2 Å². The van der Waals surface area contributed by atoms with Gasteiger partial charge >= 0.3 is 5.97 Å². The van der Waals surface area contributed by atoms with Crippen molar-refractivity contribution in [3.8, 4) is 11.5 Å². The standard InChI is InChI=1S/C23H23FO5/c1-4-29-23(26)22-17(16-7-5-6-8-18(16)24)11-15(12-19(22)25)14-9-10-20(27-2)21(13-14)28-3/h5-10,12-13,17,22H,4,11H2,1-3H3. The molecule has 0 fully saturated rings. The number of hydrogen-bond donors (Lipinski definition) is 0. The quantitative estimate of drug-likeness (QED) is 0.540. The maximum Gasteiger partial charge on any atom is 0.317 e. The van der Waals surface area contributed by atoms with E-state index >= 15 is 0 Å². The van der Waals surface area contributed by atoms with Gasteiger partial charge in [-0.2, -0.15) is 0 Å². The van der Waals surface area contributed by atoms with Gasteiger partial charge in [-0.3, -0.25) is 9.59 Å². The largest absolute Gasteiger partial charge is 0.493 e. The summed E-state index contributed by atoms with van der Waals surface area (Å²) in [4.78, 5) is 25.4. The van der Waals surface area contributed by atoms with Crippen molar-refractivity contribution in [1.82, 2.24) is 0 Å². The maximum absolute atomic E-state index is 14.6. The molecule has 2 aromatic rings. The minimum absolute atomic E-state index is 0.152. The van der Waals surface area contributed by atoms with E-state index in [9.17, 15) is 14.0 Å². The predicted octanol–water partition coefficient (Wildman–Crippen LogP) is 4.16. The summed E-state index contributed by atoms with van der Waals surface area (Å²) in [5.74, 6) is -2.12. The number of carbonyl (C=O) groups excluding carboxylic acids is 2. The molecular formula is C23H23FO5. The molecule has 0 aliphatic heterocycles. The van der Waals surface area contributed by atoms with Gasteiger partial charge in [0.1, 0.15) is 11.7 Å². The lowest BCUT2D eigenvalue weighted by atomic mass is 9.73. The normalized spacial score (nSPS) is 18.8. The third kappa shape index (κ3) is 4.16. The number of allylic oxidation sites excluding steroid dienone is 2. The summed E-state index contributed by atoms with van der Waals surface area (Å²) in [6, 6.07) is 11.5. The molecule has 0 spiro atoms. The van der Waals surface area contributed by atoms with Gasteiger partial charge < -0.3 is 14.2 Å². The third-order valence-electron chi connectivity index (χ3n) is 5.06. The van der Waals surface area contributed by atoms with E-state index in [2.05, 4.69) is 0 Å². The Kier molecular flexibility index (Phi) is 6.32. The minimum Gasteiger partial charge on any atom is -0.493 e. The van der Waals surface area contributed by atoms with Gasteiger partial charge in [0, 0.05) is 5.92 Å². The second-order valence-corrected chi connectivity index (χ2v) is 6.70. The Balaban J connectivity index is 2.06. The first-order valence-electron chi connectivity index (χ1n) is 9.38. The van der Waals surface area contributed by atoms with Crippen molar-refractivity contribution in [3.05, 3.63) is 65.5 Å². The summed E-state index contributed by atoms with van der Waals surface area (Å²) in [7, 11) is 3.07. The molecule has 1 aliphatic carbocycles. The second kappa shape index (κ2) is 8.90. The second-order valence-electron chi connectivity index (χ2n) is 6.70. The molecule has 0 saturated carbocycles. The van der Waals surface area contributed by atoms with E-state index in [0.717, 1.165) is 5.56 Å².